The molecular formula is C22H24F2O5S. The number of alkyl halides is 2. The maximum atomic E-state index is 13.1. The molecule has 0 spiro atoms. The molecule has 30 heavy (non-hydrogen) atoms. The molecule has 1 heterocycles. The predicted octanol–water partition coefficient (Wildman–Crippen LogP) is 4.35. The first kappa shape index (κ1) is 22.4. The molecule has 2 aromatic carbocycles. The molecule has 0 aromatic heterocycles. The number of halogens is 2. The normalized spacial score (nSPS) is 16.5. The minimum atomic E-state index is -4.09. The molecule has 0 amide bonds. The lowest BCUT2D eigenvalue weighted by atomic mass is 9.99. The fourth-order valence-electron chi connectivity index (χ4n) is 3.68. The Morgan fingerprint density at radius 1 is 1.00 bits per heavy atom. The number of ether oxygens (including phenoxy) is 1. The average Bonchev–Trinajstić information content (AvgIpc) is 2.74. The van der Waals surface area contributed by atoms with Crippen molar-refractivity contribution < 1.29 is 31.8 Å². The van der Waals surface area contributed by atoms with E-state index in [1.54, 1.807) is 12.1 Å². The first-order valence-electron chi connectivity index (χ1n) is 9.79. The molecule has 0 atom stereocenters. The van der Waals surface area contributed by atoms with Gasteiger partial charge >= 0.3 is 5.97 Å². The number of benzene rings is 2. The van der Waals surface area contributed by atoms with Crippen LogP contribution in [0, 0.1) is 0 Å². The van der Waals surface area contributed by atoms with Gasteiger partial charge in [-0.05, 0) is 41.7 Å². The van der Waals surface area contributed by atoms with Gasteiger partial charge < -0.3 is 9.84 Å². The smallest absolute Gasteiger partial charge is 0.325 e. The molecule has 1 N–H and O–H groups in total. The number of sulfone groups is 1. The van der Waals surface area contributed by atoms with Crippen LogP contribution in [0.5, 0.6) is 0 Å². The summed E-state index contributed by atoms with van der Waals surface area (Å²) in [6, 6.07) is 13.6. The summed E-state index contributed by atoms with van der Waals surface area (Å²) in [5, 5.41) is 9.66. The topological polar surface area (TPSA) is 80.7 Å². The third-order valence-electron chi connectivity index (χ3n) is 5.54. The molecule has 1 saturated heterocycles. The number of carboxylic acids is 1. The van der Waals surface area contributed by atoms with Gasteiger partial charge in [-0.25, -0.2) is 17.2 Å². The molecule has 5 nitrogen and oxygen atoms in total. The van der Waals surface area contributed by atoms with Crippen molar-refractivity contribution in [3.63, 3.8) is 0 Å². The minimum absolute atomic E-state index is 0.0285. The Hall–Kier alpha value is -2.32. The van der Waals surface area contributed by atoms with Crippen LogP contribution in [-0.2, 0) is 25.8 Å². The summed E-state index contributed by atoms with van der Waals surface area (Å²) >= 11 is 0. The Morgan fingerprint density at radius 2 is 1.53 bits per heavy atom. The summed E-state index contributed by atoms with van der Waals surface area (Å²) in [5.74, 6) is -1.35. The first-order chi connectivity index (χ1) is 14.3. The highest BCUT2D eigenvalue weighted by Gasteiger charge is 2.52. The van der Waals surface area contributed by atoms with E-state index in [0.717, 1.165) is 16.7 Å². The number of hydrogen-bond acceptors (Lipinski definition) is 4. The Bertz CT molecular complexity index is 964. The summed E-state index contributed by atoms with van der Waals surface area (Å²) in [5.41, 5.74) is 2.60. The molecular weight excluding hydrogens is 414 g/mol. The molecule has 162 valence electrons. The lowest BCUT2D eigenvalue weighted by Gasteiger charge is -2.32. The van der Waals surface area contributed by atoms with E-state index in [1.165, 1.54) is 12.1 Å². The molecule has 0 bridgehead atoms. The van der Waals surface area contributed by atoms with Crippen molar-refractivity contribution in [3.05, 3.63) is 54.1 Å². The van der Waals surface area contributed by atoms with Gasteiger partial charge in [0.25, 0.3) is 0 Å². The zero-order chi connectivity index (χ0) is 21.8. The maximum Gasteiger partial charge on any atom is 0.325 e. The highest BCUT2D eigenvalue weighted by molar-refractivity contribution is 7.93. The second kappa shape index (κ2) is 9.22. The largest absolute Gasteiger partial charge is 0.480 e. The van der Waals surface area contributed by atoms with Gasteiger partial charge in [-0.3, -0.25) is 4.79 Å². The number of carbonyl (C=O) groups is 1. The fourth-order valence-corrected chi connectivity index (χ4v) is 5.55. The molecule has 0 aliphatic carbocycles. The summed E-state index contributed by atoms with van der Waals surface area (Å²) < 4.78 is 54.0. The van der Waals surface area contributed by atoms with Crippen LogP contribution in [-0.4, -0.2) is 43.9 Å². The van der Waals surface area contributed by atoms with Crippen LogP contribution in [0.25, 0.3) is 11.1 Å². The Labute approximate surface area is 174 Å². The third-order valence-corrected chi connectivity index (χ3v) is 8.05. The van der Waals surface area contributed by atoms with Gasteiger partial charge in [0.1, 0.15) is 0 Å². The molecule has 1 aliphatic rings. The molecule has 0 saturated carbocycles. The van der Waals surface area contributed by atoms with Crippen LogP contribution in [0.1, 0.15) is 31.2 Å². The van der Waals surface area contributed by atoms with Crippen molar-refractivity contribution in [1.29, 1.82) is 0 Å². The fraction of sp³-hybridized carbons (Fsp3) is 0.409. The molecule has 1 fully saturated rings. The van der Waals surface area contributed by atoms with Gasteiger partial charge in [0.05, 0.1) is 4.90 Å². The van der Waals surface area contributed by atoms with Crippen LogP contribution in [0.3, 0.4) is 0 Å². The van der Waals surface area contributed by atoms with Crippen LogP contribution in [0.4, 0.5) is 8.78 Å². The van der Waals surface area contributed by atoms with E-state index in [1.807, 2.05) is 24.3 Å². The molecule has 1 aliphatic heterocycles. The quantitative estimate of drug-likeness (QED) is 0.663. The van der Waals surface area contributed by atoms with Crippen molar-refractivity contribution in [3.8, 4) is 11.1 Å². The molecule has 8 heteroatoms. The van der Waals surface area contributed by atoms with E-state index in [9.17, 15) is 27.1 Å². The van der Waals surface area contributed by atoms with E-state index >= 15 is 0 Å². The average molecular weight is 438 g/mol. The predicted molar refractivity (Wildman–Crippen MR) is 108 cm³/mol. The minimum Gasteiger partial charge on any atom is -0.480 e. The second-order valence-electron chi connectivity index (χ2n) is 7.42. The highest BCUT2D eigenvalue weighted by Crippen LogP contribution is 2.36. The monoisotopic (exact) mass is 438 g/mol. The Balaban J connectivity index is 1.78. The van der Waals surface area contributed by atoms with Gasteiger partial charge in [0.15, 0.2) is 14.6 Å². The van der Waals surface area contributed by atoms with Crippen molar-refractivity contribution >= 4 is 15.8 Å². The number of rotatable bonds is 8. The van der Waals surface area contributed by atoms with Crippen LogP contribution < -0.4 is 0 Å². The number of aliphatic carboxylic acids is 1. The van der Waals surface area contributed by atoms with Crippen molar-refractivity contribution in [2.75, 3.05) is 13.2 Å². The summed E-state index contributed by atoms with van der Waals surface area (Å²) in [6.07, 6.45) is -1.59. The zero-order valence-corrected chi connectivity index (χ0v) is 17.2. The molecule has 0 radical (unpaired) electrons. The van der Waals surface area contributed by atoms with Crippen molar-refractivity contribution in [2.45, 2.75) is 48.2 Å². The molecule has 3 rings (SSSR count). The van der Waals surface area contributed by atoms with Crippen LogP contribution in [0.15, 0.2) is 53.4 Å². The third kappa shape index (κ3) is 4.54. The Morgan fingerprint density at radius 3 is 2.03 bits per heavy atom. The van der Waals surface area contributed by atoms with Crippen molar-refractivity contribution in [1.82, 2.24) is 0 Å². The van der Waals surface area contributed by atoms with Crippen LogP contribution >= 0.6 is 0 Å². The number of carboxylic acid groups (broad SMARTS) is 1. The van der Waals surface area contributed by atoms with E-state index < -0.39 is 27.0 Å². The van der Waals surface area contributed by atoms with Gasteiger partial charge in [-0.1, -0.05) is 36.4 Å². The van der Waals surface area contributed by atoms with Gasteiger partial charge in [-0.2, -0.15) is 0 Å². The highest BCUT2D eigenvalue weighted by atomic mass is 32.2. The van der Waals surface area contributed by atoms with E-state index in [2.05, 4.69) is 0 Å². The first-order valence-corrected chi connectivity index (χ1v) is 11.3. The van der Waals surface area contributed by atoms with E-state index in [4.69, 9.17) is 4.74 Å². The summed E-state index contributed by atoms with van der Waals surface area (Å²) in [7, 11) is -4.09. The van der Waals surface area contributed by atoms with Crippen molar-refractivity contribution in [2.24, 2.45) is 0 Å². The lowest BCUT2D eigenvalue weighted by Crippen LogP contribution is -2.50. The molecule has 2 aromatic rings. The summed E-state index contributed by atoms with van der Waals surface area (Å²) in [4.78, 5) is 11.8. The van der Waals surface area contributed by atoms with E-state index in [-0.39, 0.29) is 37.4 Å². The zero-order valence-electron chi connectivity index (χ0n) is 16.4. The van der Waals surface area contributed by atoms with Gasteiger partial charge in [0.2, 0.25) is 6.43 Å². The number of hydrogen-bond donors (Lipinski definition) is 1. The van der Waals surface area contributed by atoms with Gasteiger partial charge in [-0.15, -0.1) is 0 Å². The van der Waals surface area contributed by atoms with Crippen LogP contribution in [0.2, 0.25) is 0 Å². The molecule has 0 unspecified atom stereocenters. The summed E-state index contributed by atoms with van der Waals surface area (Å²) in [6.45, 7) is 0.181. The SMILES string of the molecule is O=C(O)C1(S(=O)(=O)c2ccc(-c3ccc(CCCC(F)F)cc3)cc2)CCOCC1. The standard InChI is InChI=1S/C22H24F2O5S/c23-20(24)3-1-2-16-4-6-17(7-5-16)18-8-10-19(11-9-18)30(27,28)22(21(25)26)12-14-29-15-13-22/h4-11,20H,1-3,12-15H2,(H,25,26). The second-order valence-corrected chi connectivity index (χ2v) is 9.68. The maximum absolute atomic E-state index is 13.1. The van der Waals surface area contributed by atoms with Gasteiger partial charge in [0, 0.05) is 32.5 Å². The Kier molecular flexibility index (Phi) is 6.88. The number of aryl methyl sites for hydroxylation is 1. The lowest BCUT2D eigenvalue weighted by molar-refractivity contribution is -0.142. The van der Waals surface area contributed by atoms with E-state index in [0.29, 0.717) is 12.8 Å².